The monoisotopic (exact) mass is 356 g/mol. The summed E-state index contributed by atoms with van der Waals surface area (Å²) in [6, 6.07) is 6.14. The summed E-state index contributed by atoms with van der Waals surface area (Å²) in [4.78, 5) is 0. The first kappa shape index (κ1) is 19.8. The lowest BCUT2D eigenvalue weighted by atomic mass is 9.94. The van der Waals surface area contributed by atoms with Gasteiger partial charge in [-0.2, -0.15) is 0 Å². The van der Waals surface area contributed by atoms with Crippen molar-refractivity contribution in [1.29, 1.82) is 0 Å². The van der Waals surface area contributed by atoms with Gasteiger partial charge >= 0.3 is 0 Å². The van der Waals surface area contributed by atoms with Gasteiger partial charge in [-0.1, -0.05) is 58.1 Å². The van der Waals surface area contributed by atoms with Crippen LogP contribution < -0.4 is 0 Å². The van der Waals surface area contributed by atoms with Crippen molar-refractivity contribution < 1.29 is 5.11 Å². The first-order valence-corrected chi connectivity index (χ1v) is 11.3. The molecule has 0 saturated heterocycles. The van der Waals surface area contributed by atoms with Crippen molar-refractivity contribution in [2.24, 2.45) is 10.8 Å². The van der Waals surface area contributed by atoms with E-state index in [-0.39, 0.29) is 0 Å². The second-order valence-electron chi connectivity index (χ2n) is 10.0. The molecule has 0 radical (unpaired) electrons. The molecule has 0 heterocycles. The maximum Gasteiger partial charge on any atom is 0.119 e. The summed E-state index contributed by atoms with van der Waals surface area (Å²) in [6.45, 7) is 4.87. The average Bonchev–Trinajstić information content (AvgIpc) is 3.52. The number of rotatable bonds is 13. The van der Waals surface area contributed by atoms with Crippen LogP contribution in [0.15, 0.2) is 18.2 Å². The van der Waals surface area contributed by atoms with Gasteiger partial charge in [0.25, 0.3) is 0 Å². The fraction of sp³-hybridized carbons (Fsp3) is 0.760. The van der Waals surface area contributed by atoms with Crippen LogP contribution in [-0.4, -0.2) is 5.11 Å². The van der Waals surface area contributed by atoms with Crippen LogP contribution in [0.5, 0.6) is 5.75 Å². The molecule has 0 aliphatic heterocycles. The highest BCUT2D eigenvalue weighted by Crippen LogP contribution is 2.49. The molecule has 0 aromatic heterocycles. The second-order valence-corrected chi connectivity index (χ2v) is 10.0. The van der Waals surface area contributed by atoms with E-state index >= 15 is 0 Å². The van der Waals surface area contributed by atoms with Crippen LogP contribution in [0.1, 0.15) is 108 Å². The molecule has 1 aromatic rings. The van der Waals surface area contributed by atoms with Crippen LogP contribution in [0.4, 0.5) is 0 Å². The van der Waals surface area contributed by atoms with Crippen molar-refractivity contribution in [1.82, 2.24) is 0 Å². The zero-order chi connectivity index (χ0) is 18.5. The summed E-state index contributed by atoms with van der Waals surface area (Å²) in [5, 5.41) is 10.3. The largest absolute Gasteiger partial charge is 0.508 e. The third kappa shape index (κ3) is 6.32. The van der Waals surface area contributed by atoms with Gasteiger partial charge < -0.3 is 5.11 Å². The quantitative estimate of drug-likeness (QED) is 0.361. The Hall–Kier alpha value is -0.980. The fourth-order valence-electron chi connectivity index (χ4n) is 4.32. The van der Waals surface area contributed by atoms with Gasteiger partial charge in [-0.15, -0.1) is 0 Å². The van der Waals surface area contributed by atoms with Crippen LogP contribution >= 0.6 is 0 Å². The Labute approximate surface area is 161 Å². The third-order valence-electron chi connectivity index (χ3n) is 7.14. The van der Waals surface area contributed by atoms with Crippen molar-refractivity contribution in [3.05, 3.63) is 29.3 Å². The standard InChI is InChI=1S/C25H40O/c1-24(17-18-24)15-8-4-3-6-11-21-12-10-14-23(26)22(21)13-7-5-9-16-25(2)19-20-25/h10,12,14,26H,3-9,11,13,15-20H2,1-2H3. The van der Waals surface area contributed by atoms with E-state index in [9.17, 15) is 5.11 Å². The van der Waals surface area contributed by atoms with E-state index in [2.05, 4.69) is 19.9 Å². The summed E-state index contributed by atoms with van der Waals surface area (Å²) in [6.07, 6.45) is 20.1. The summed E-state index contributed by atoms with van der Waals surface area (Å²) in [7, 11) is 0. The van der Waals surface area contributed by atoms with Crippen LogP contribution in [0.2, 0.25) is 0 Å². The Kier molecular flexibility index (Phi) is 6.70. The lowest BCUT2D eigenvalue weighted by molar-refractivity contribution is 0.457. The molecule has 0 spiro atoms. The minimum absolute atomic E-state index is 0.526. The SMILES string of the molecule is CC1(CCCCCCc2cccc(O)c2CCCCCC2(C)CC2)CC1. The van der Waals surface area contributed by atoms with Gasteiger partial charge in [-0.25, -0.2) is 0 Å². The molecule has 26 heavy (non-hydrogen) atoms. The molecule has 2 aliphatic carbocycles. The molecule has 0 amide bonds. The number of phenols is 1. The molecule has 0 bridgehead atoms. The van der Waals surface area contributed by atoms with Crippen molar-refractivity contribution in [3.63, 3.8) is 0 Å². The van der Waals surface area contributed by atoms with Crippen molar-refractivity contribution in [2.45, 2.75) is 110 Å². The molecule has 2 fully saturated rings. The van der Waals surface area contributed by atoms with Gasteiger partial charge in [0.05, 0.1) is 0 Å². The number of unbranched alkanes of at least 4 members (excludes halogenated alkanes) is 5. The van der Waals surface area contributed by atoms with Gasteiger partial charge in [0.1, 0.15) is 5.75 Å². The molecule has 1 nitrogen and oxygen atoms in total. The molecule has 2 saturated carbocycles. The minimum atomic E-state index is 0.526. The molecule has 0 unspecified atom stereocenters. The van der Waals surface area contributed by atoms with E-state index in [1.807, 2.05) is 12.1 Å². The van der Waals surface area contributed by atoms with Crippen molar-refractivity contribution in [2.75, 3.05) is 0 Å². The van der Waals surface area contributed by atoms with E-state index in [1.165, 1.54) is 94.6 Å². The smallest absolute Gasteiger partial charge is 0.119 e. The molecule has 1 heteroatoms. The average molecular weight is 357 g/mol. The normalized spacial score (nSPS) is 19.5. The van der Waals surface area contributed by atoms with Gasteiger partial charge in [0.2, 0.25) is 0 Å². The van der Waals surface area contributed by atoms with Crippen LogP contribution in [0, 0.1) is 10.8 Å². The number of hydrogen-bond acceptors (Lipinski definition) is 1. The number of phenolic OH excluding ortho intramolecular Hbond substituents is 1. The Balaban J connectivity index is 1.34. The third-order valence-corrected chi connectivity index (χ3v) is 7.14. The predicted octanol–water partition coefficient (Wildman–Crippen LogP) is 7.59. The van der Waals surface area contributed by atoms with Crippen molar-refractivity contribution in [3.8, 4) is 5.75 Å². The molecule has 0 atom stereocenters. The van der Waals surface area contributed by atoms with Crippen LogP contribution in [0.3, 0.4) is 0 Å². The Morgan fingerprint density at radius 3 is 1.88 bits per heavy atom. The molecular formula is C25H40O. The van der Waals surface area contributed by atoms with Crippen LogP contribution in [-0.2, 0) is 12.8 Å². The minimum Gasteiger partial charge on any atom is -0.508 e. The van der Waals surface area contributed by atoms with Crippen LogP contribution in [0.25, 0.3) is 0 Å². The molecule has 3 rings (SSSR count). The van der Waals surface area contributed by atoms with Crippen molar-refractivity contribution >= 4 is 0 Å². The molecule has 1 N–H and O–H groups in total. The Morgan fingerprint density at radius 2 is 1.27 bits per heavy atom. The fourth-order valence-corrected chi connectivity index (χ4v) is 4.32. The lowest BCUT2D eigenvalue weighted by Gasteiger charge is -2.13. The van der Waals surface area contributed by atoms with E-state index in [0.717, 1.165) is 18.3 Å². The lowest BCUT2D eigenvalue weighted by Crippen LogP contribution is -1.98. The van der Waals surface area contributed by atoms with Gasteiger partial charge in [0.15, 0.2) is 0 Å². The number of hydrogen-bond donors (Lipinski definition) is 1. The first-order chi connectivity index (χ1) is 12.5. The second kappa shape index (κ2) is 8.81. The predicted molar refractivity (Wildman–Crippen MR) is 112 cm³/mol. The molecular weight excluding hydrogens is 316 g/mol. The summed E-state index contributed by atoms with van der Waals surface area (Å²) >= 11 is 0. The van der Waals surface area contributed by atoms with Gasteiger partial charge in [-0.3, -0.25) is 0 Å². The highest BCUT2D eigenvalue weighted by atomic mass is 16.3. The molecule has 146 valence electrons. The Bertz CT molecular complexity index is 566. The molecule has 1 aromatic carbocycles. The number of benzene rings is 1. The Morgan fingerprint density at radius 1 is 0.731 bits per heavy atom. The van der Waals surface area contributed by atoms with E-state index < -0.39 is 0 Å². The zero-order valence-corrected chi connectivity index (χ0v) is 17.3. The first-order valence-electron chi connectivity index (χ1n) is 11.3. The topological polar surface area (TPSA) is 20.2 Å². The zero-order valence-electron chi connectivity index (χ0n) is 17.3. The van der Waals surface area contributed by atoms with E-state index in [0.29, 0.717) is 11.2 Å². The highest BCUT2D eigenvalue weighted by Gasteiger charge is 2.36. The van der Waals surface area contributed by atoms with Gasteiger partial charge in [0, 0.05) is 0 Å². The number of aryl methyl sites for hydroxylation is 1. The van der Waals surface area contributed by atoms with E-state index in [1.54, 1.807) is 0 Å². The number of aromatic hydroxyl groups is 1. The summed E-state index contributed by atoms with van der Waals surface area (Å²) in [5.74, 6) is 0.526. The summed E-state index contributed by atoms with van der Waals surface area (Å²) in [5.41, 5.74) is 4.04. The maximum atomic E-state index is 10.3. The maximum absolute atomic E-state index is 10.3. The van der Waals surface area contributed by atoms with Gasteiger partial charge in [-0.05, 0) is 92.2 Å². The molecule has 2 aliphatic rings. The van der Waals surface area contributed by atoms with E-state index in [4.69, 9.17) is 0 Å². The highest BCUT2D eigenvalue weighted by molar-refractivity contribution is 5.39. The summed E-state index contributed by atoms with van der Waals surface area (Å²) < 4.78 is 0.